The average molecular weight is 313 g/mol. The second-order valence-corrected chi connectivity index (χ2v) is 6.80. The zero-order chi connectivity index (χ0) is 16.8. The molecule has 0 saturated carbocycles. The first kappa shape index (κ1) is 17.7. The molecule has 0 bridgehead atoms. The summed E-state index contributed by atoms with van der Waals surface area (Å²) in [6, 6.07) is 9.01. The highest BCUT2D eigenvalue weighted by atomic mass is 16.5. The van der Waals surface area contributed by atoms with Crippen molar-refractivity contribution in [2.24, 2.45) is 5.92 Å². The van der Waals surface area contributed by atoms with Gasteiger partial charge in [0.15, 0.2) is 0 Å². The van der Waals surface area contributed by atoms with Crippen LogP contribution in [0.15, 0.2) is 47.6 Å². The Morgan fingerprint density at radius 3 is 2.48 bits per heavy atom. The maximum atomic E-state index is 5.30. The third-order valence-electron chi connectivity index (χ3n) is 4.94. The van der Waals surface area contributed by atoms with Gasteiger partial charge in [0.2, 0.25) is 0 Å². The van der Waals surface area contributed by atoms with Gasteiger partial charge in [-0.25, -0.2) is 0 Å². The number of benzene rings is 1. The van der Waals surface area contributed by atoms with Crippen molar-refractivity contribution in [3.63, 3.8) is 0 Å². The van der Waals surface area contributed by atoms with Gasteiger partial charge in [-0.05, 0) is 56.9 Å². The van der Waals surface area contributed by atoms with Gasteiger partial charge in [0, 0.05) is 18.3 Å². The van der Waals surface area contributed by atoms with E-state index in [1.54, 1.807) is 7.11 Å². The zero-order valence-electron chi connectivity index (χ0n) is 15.3. The van der Waals surface area contributed by atoms with Gasteiger partial charge in [0.1, 0.15) is 5.75 Å². The summed E-state index contributed by atoms with van der Waals surface area (Å²) in [4.78, 5) is 2.54. The van der Waals surface area contributed by atoms with Crippen molar-refractivity contribution >= 4 is 5.69 Å². The molecule has 0 amide bonds. The molecule has 2 heteroatoms. The molecule has 1 aliphatic carbocycles. The molecule has 0 saturated heterocycles. The van der Waals surface area contributed by atoms with Crippen molar-refractivity contribution < 1.29 is 4.74 Å². The summed E-state index contributed by atoms with van der Waals surface area (Å²) in [6.45, 7) is 10.2. The zero-order valence-corrected chi connectivity index (χ0v) is 15.3. The van der Waals surface area contributed by atoms with Crippen molar-refractivity contribution in [3.05, 3.63) is 47.6 Å². The molecule has 0 N–H and O–H groups in total. The highest BCUT2D eigenvalue weighted by Gasteiger charge is 2.18. The molecule has 126 valence electrons. The van der Waals surface area contributed by atoms with Crippen LogP contribution in [0, 0.1) is 5.92 Å². The third-order valence-corrected chi connectivity index (χ3v) is 4.94. The van der Waals surface area contributed by atoms with Crippen LogP contribution in [0.4, 0.5) is 5.69 Å². The summed E-state index contributed by atoms with van der Waals surface area (Å²) in [6.07, 6.45) is 8.21. The van der Waals surface area contributed by atoms with Crippen molar-refractivity contribution in [2.45, 2.75) is 53.0 Å². The van der Waals surface area contributed by atoms with E-state index < -0.39 is 0 Å². The van der Waals surface area contributed by atoms with Crippen molar-refractivity contribution in [3.8, 4) is 5.75 Å². The molecule has 0 aliphatic heterocycles. The van der Waals surface area contributed by atoms with Crippen LogP contribution < -0.4 is 9.64 Å². The van der Waals surface area contributed by atoms with Crippen LogP contribution in [0.5, 0.6) is 5.75 Å². The lowest BCUT2D eigenvalue weighted by atomic mass is 9.89. The lowest BCUT2D eigenvalue weighted by Gasteiger charge is -2.34. The number of allylic oxidation sites excluding steroid dienone is 3. The van der Waals surface area contributed by atoms with Crippen LogP contribution >= 0.6 is 0 Å². The molecule has 0 radical (unpaired) electrons. The minimum Gasteiger partial charge on any atom is -0.497 e. The molecule has 2 atom stereocenters. The molecule has 1 aromatic rings. The van der Waals surface area contributed by atoms with Gasteiger partial charge < -0.3 is 9.64 Å². The van der Waals surface area contributed by atoms with Gasteiger partial charge >= 0.3 is 0 Å². The second kappa shape index (κ2) is 8.24. The van der Waals surface area contributed by atoms with Gasteiger partial charge in [0.25, 0.3) is 0 Å². The van der Waals surface area contributed by atoms with Crippen LogP contribution in [0.25, 0.3) is 0 Å². The Kier molecular flexibility index (Phi) is 6.32. The first-order valence-corrected chi connectivity index (χ1v) is 8.82. The van der Waals surface area contributed by atoms with Crippen LogP contribution in [0.3, 0.4) is 0 Å². The Bertz CT molecular complexity index is 556. The lowest BCUT2D eigenvalue weighted by Crippen LogP contribution is -2.35. The van der Waals surface area contributed by atoms with E-state index in [1.807, 2.05) is 0 Å². The van der Waals surface area contributed by atoms with Crippen molar-refractivity contribution in [2.75, 3.05) is 18.6 Å². The van der Waals surface area contributed by atoms with E-state index in [0.29, 0.717) is 12.0 Å². The molecule has 1 aliphatic rings. The lowest BCUT2D eigenvalue weighted by molar-refractivity contribution is 0.414. The summed E-state index contributed by atoms with van der Waals surface area (Å²) in [5.41, 5.74) is 4.31. The summed E-state index contributed by atoms with van der Waals surface area (Å²) in [7, 11) is 1.72. The largest absolute Gasteiger partial charge is 0.497 e. The predicted molar refractivity (Wildman–Crippen MR) is 100 cm³/mol. The molecule has 1 aromatic carbocycles. The number of nitrogens with zero attached hydrogens (tertiary/aromatic N) is 1. The molecule has 2 unspecified atom stereocenters. The van der Waals surface area contributed by atoms with E-state index in [0.717, 1.165) is 12.3 Å². The van der Waals surface area contributed by atoms with E-state index in [9.17, 15) is 0 Å². The van der Waals surface area contributed by atoms with E-state index >= 15 is 0 Å². The number of anilines is 1. The summed E-state index contributed by atoms with van der Waals surface area (Å²) < 4.78 is 5.30. The fourth-order valence-electron chi connectivity index (χ4n) is 3.22. The highest BCUT2D eigenvalue weighted by molar-refractivity contribution is 5.51. The first-order chi connectivity index (χ1) is 11.0. The molecule has 0 aromatic heterocycles. The Labute approximate surface area is 141 Å². The van der Waals surface area contributed by atoms with E-state index in [-0.39, 0.29) is 0 Å². The fraction of sp³-hybridized carbons (Fsp3) is 0.524. The van der Waals surface area contributed by atoms with Crippen LogP contribution in [-0.2, 0) is 0 Å². The van der Waals surface area contributed by atoms with Crippen LogP contribution in [0.1, 0.15) is 47.0 Å². The molecular formula is C21H31NO. The van der Waals surface area contributed by atoms with Gasteiger partial charge in [-0.2, -0.15) is 0 Å². The third kappa shape index (κ3) is 4.63. The molecule has 0 heterocycles. The molecular weight excluding hydrogens is 282 g/mol. The minimum atomic E-state index is 0.539. The average Bonchev–Trinajstić information content (AvgIpc) is 2.56. The maximum Gasteiger partial charge on any atom is 0.119 e. The van der Waals surface area contributed by atoms with Crippen LogP contribution in [0.2, 0.25) is 0 Å². The predicted octanol–water partition coefficient (Wildman–Crippen LogP) is 5.60. The molecule has 23 heavy (non-hydrogen) atoms. The Balaban J connectivity index is 2.20. The smallest absolute Gasteiger partial charge is 0.119 e. The summed E-state index contributed by atoms with van der Waals surface area (Å²) in [5.74, 6) is 1.58. The minimum absolute atomic E-state index is 0.539. The number of ether oxygens (including phenoxy) is 1. The normalized spacial score (nSPS) is 18.9. The molecule has 2 nitrogen and oxygen atoms in total. The van der Waals surface area contributed by atoms with Gasteiger partial charge in [-0.3, -0.25) is 0 Å². The SMILES string of the molecule is CCCC(C)N(CC1=CC=C(C)C(C)C1)c1ccc(OC)cc1. The van der Waals surface area contributed by atoms with E-state index in [1.165, 1.54) is 36.1 Å². The van der Waals surface area contributed by atoms with Crippen LogP contribution in [-0.4, -0.2) is 19.7 Å². The monoisotopic (exact) mass is 313 g/mol. The Morgan fingerprint density at radius 2 is 1.91 bits per heavy atom. The second-order valence-electron chi connectivity index (χ2n) is 6.80. The van der Waals surface area contributed by atoms with Crippen molar-refractivity contribution in [1.82, 2.24) is 0 Å². The standard InChI is InChI=1S/C21H31NO/c1-6-7-18(4)22(20-10-12-21(23-5)13-11-20)15-19-9-8-16(2)17(3)14-19/h8-13,17-18H,6-7,14-15H2,1-5H3. The quantitative estimate of drug-likeness (QED) is 0.649. The number of methoxy groups -OCH3 is 1. The summed E-state index contributed by atoms with van der Waals surface area (Å²) >= 11 is 0. The topological polar surface area (TPSA) is 12.5 Å². The Morgan fingerprint density at radius 1 is 1.22 bits per heavy atom. The maximum absolute atomic E-state index is 5.30. The van der Waals surface area contributed by atoms with Crippen molar-refractivity contribution in [1.29, 1.82) is 0 Å². The van der Waals surface area contributed by atoms with Gasteiger partial charge in [0.05, 0.1) is 7.11 Å². The molecule has 2 rings (SSSR count). The van der Waals surface area contributed by atoms with Gasteiger partial charge in [-0.15, -0.1) is 0 Å². The molecule has 0 spiro atoms. The first-order valence-electron chi connectivity index (χ1n) is 8.82. The van der Waals surface area contributed by atoms with E-state index in [4.69, 9.17) is 4.74 Å². The molecule has 0 fully saturated rings. The number of hydrogen-bond donors (Lipinski definition) is 0. The highest BCUT2D eigenvalue weighted by Crippen LogP contribution is 2.28. The fourth-order valence-corrected chi connectivity index (χ4v) is 3.22. The Hall–Kier alpha value is -1.70. The van der Waals surface area contributed by atoms with E-state index in [2.05, 4.69) is 69.0 Å². The van der Waals surface area contributed by atoms with Gasteiger partial charge in [-0.1, -0.05) is 43.6 Å². The number of hydrogen-bond acceptors (Lipinski definition) is 2. The number of rotatable bonds is 7. The summed E-state index contributed by atoms with van der Waals surface area (Å²) in [5, 5.41) is 0.